The van der Waals surface area contributed by atoms with Crippen LogP contribution in [-0.2, 0) is 18.9 Å². The molecule has 3 heterocycles. The van der Waals surface area contributed by atoms with Crippen LogP contribution in [0.4, 0.5) is 0 Å². The zero-order valence-corrected chi connectivity index (χ0v) is 14.2. The number of ether oxygens (including phenoxy) is 4. The van der Waals surface area contributed by atoms with Crippen LogP contribution in [0.15, 0.2) is 0 Å². The van der Waals surface area contributed by atoms with Crippen LogP contribution >= 0.6 is 0 Å². The molecule has 0 radical (unpaired) electrons. The number of rotatable bonds is 6. The zero-order chi connectivity index (χ0) is 15.4. The largest absolute Gasteiger partial charge is 0.371 e. The van der Waals surface area contributed by atoms with Gasteiger partial charge >= 0.3 is 0 Å². The maximum absolute atomic E-state index is 5.95. The van der Waals surface area contributed by atoms with Crippen molar-refractivity contribution >= 4 is 0 Å². The van der Waals surface area contributed by atoms with E-state index in [4.69, 9.17) is 18.9 Å². The summed E-state index contributed by atoms with van der Waals surface area (Å²) >= 11 is 0. The molecule has 126 valence electrons. The Kier molecular flexibility index (Phi) is 3.80. The van der Waals surface area contributed by atoms with E-state index in [9.17, 15) is 0 Å². The Labute approximate surface area is 133 Å². The van der Waals surface area contributed by atoms with Gasteiger partial charge in [0, 0.05) is 12.3 Å². The Bertz CT molecular complexity index is 414. The van der Waals surface area contributed by atoms with Gasteiger partial charge in [-0.1, -0.05) is 0 Å². The number of epoxide rings is 1. The summed E-state index contributed by atoms with van der Waals surface area (Å²) in [4.78, 5) is 0. The molecular formula is C18H30O4. The molecule has 5 rings (SSSR count). The second-order valence-electron chi connectivity index (χ2n) is 8.40. The normalized spacial score (nSPS) is 50.9. The quantitative estimate of drug-likeness (QED) is 0.557. The number of hydrogen-bond donors (Lipinski definition) is 0. The van der Waals surface area contributed by atoms with E-state index < -0.39 is 0 Å². The minimum Gasteiger partial charge on any atom is -0.371 e. The van der Waals surface area contributed by atoms with Gasteiger partial charge in [0.15, 0.2) is 6.29 Å². The van der Waals surface area contributed by atoms with Crippen molar-refractivity contribution < 1.29 is 18.9 Å². The highest BCUT2D eigenvalue weighted by atomic mass is 16.7. The summed E-state index contributed by atoms with van der Waals surface area (Å²) in [5, 5.41) is 0. The van der Waals surface area contributed by atoms with Crippen LogP contribution in [0.25, 0.3) is 0 Å². The molecule has 5 fully saturated rings. The first-order valence-corrected chi connectivity index (χ1v) is 9.05. The van der Waals surface area contributed by atoms with Gasteiger partial charge in [-0.2, -0.15) is 0 Å². The van der Waals surface area contributed by atoms with Crippen molar-refractivity contribution in [2.75, 3.05) is 13.2 Å². The molecular weight excluding hydrogens is 280 g/mol. The minimum absolute atomic E-state index is 0.109. The van der Waals surface area contributed by atoms with Crippen molar-refractivity contribution in [2.24, 2.45) is 11.8 Å². The van der Waals surface area contributed by atoms with Gasteiger partial charge in [-0.3, -0.25) is 0 Å². The molecule has 5 aliphatic rings. The molecule has 0 aromatic heterocycles. The third-order valence-corrected chi connectivity index (χ3v) is 6.38. The second kappa shape index (κ2) is 5.44. The number of fused-ring (bicyclic) bond motifs is 3. The predicted octanol–water partition coefficient (Wildman–Crippen LogP) is 3.28. The van der Waals surface area contributed by atoms with Crippen LogP contribution < -0.4 is 0 Å². The van der Waals surface area contributed by atoms with Crippen molar-refractivity contribution in [1.82, 2.24) is 0 Å². The highest BCUT2D eigenvalue weighted by molar-refractivity contribution is 5.03. The highest BCUT2D eigenvalue weighted by Gasteiger charge is 2.55. The van der Waals surface area contributed by atoms with E-state index in [-0.39, 0.29) is 17.5 Å². The molecule has 2 aliphatic carbocycles. The summed E-state index contributed by atoms with van der Waals surface area (Å²) in [5.74, 6) is 1.19. The number of hydrogen-bond acceptors (Lipinski definition) is 4. The summed E-state index contributed by atoms with van der Waals surface area (Å²) in [5.41, 5.74) is 0.389. The predicted molar refractivity (Wildman–Crippen MR) is 82.6 cm³/mol. The van der Waals surface area contributed by atoms with Crippen molar-refractivity contribution in [3.8, 4) is 0 Å². The smallest absolute Gasteiger partial charge is 0.154 e. The first kappa shape index (κ1) is 15.4. The van der Waals surface area contributed by atoms with E-state index in [0.29, 0.717) is 24.0 Å². The van der Waals surface area contributed by atoms with Gasteiger partial charge in [-0.05, 0) is 58.8 Å². The standard InChI is InChI=1S/C18H30O4/c1-12(19-10-13-4-7-18(3)16(8-13)22-18)20-11-14-5-6-17(2)9-15(14)21-17/h12-16H,4-11H2,1-3H3. The van der Waals surface area contributed by atoms with E-state index in [1.54, 1.807) is 0 Å². The molecule has 22 heavy (non-hydrogen) atoms. The zero-order valence-electron chi connectivity index (χ0n) is 14.2. The van der Waals surface area contributed by atoms with Gasteiger partial charge < -0.3 is 18.9 Å². The molecule has 0 spiro atoms. The molecule has 4 nitrogen and oxygen atoms in total. The Hall–Kier alpha value is -0.160. The topological polar surface area (TPSA) is 40.2 Å². The summed E-state index contributed by atoms with van der Waals surface area (Å²) in [6.07, 6.45) is 7.97. The monoisotopic (exact) mass is 310 g/mol. The summed E-state index contributed by atoms with van der Waals surface area (Å²) < 4.78 is 23.6. The van der Waals surface area contributed by atoms with Crippen molar-refractivity contribution in [2.45, 2.75) is 89.0 Å². The van der Waals surface area contributed by atoms with E-state index >= 15 is 0 Å². The molecule has 0 aromatic rings. The van der Waals surface area contributed by atoms with Crippen molar-refractivity contribution in [3.05, 3.63) is 0 Å². The third kappa shape index (κ3) is 2.95. The Morgan fingerprint density at radius 3 is 2.55 bits per heavy atom. The van der Waals surface area contributed by atoms with E-state index in [1.807, 2.05) is 6.92 Å². The lowest BCUT2D eigenvalue weighted by Gasteiger charge is -2.54. The molecule has 2 bridgehead atoms. The lowest BCUT2D eigenvalue weighted by molar-refractivity contribution is -0.263. The molecule has 3 saturated heterocycles. The maximum atomic E-state index is 5.95. The first-order chi connectivity index (χ1) is 10.5. The molecule has 7 unspecified atom stereocenters. The fourth-order valence-electron chi connectivity index (χ4n) is 4.52. The Morgan fingerprint density at radius 1 is 1.09 bits per heavy atom. The molecule has 3 aliphatic heterocycles. The van der Waals surface area contributed by atoms with E-state index in [1.165, 1.54) is 32.1 Å². The van der Waals surface area contributed by atoms with Crippen LogP contribution in [0.3, 0.4) is 0 Å². The minimum atomic E-state index is -0.109. The Balaban J connectivity index is 1.13. The molecule has 4 heteroatoms. The summed E-state index contributed by atoms with van der Waals surface area (Å²) in [7, 11) is 0. The fourth-order valence-corrected chi connectivity index (χ4v) is 4.52. The van der Waals surface area contributed by atoms with Crippen LogP contribution in [0, 0.1) is 11.8 Å². The summed E-state index contributed by atoms with van der Waals surface area (Å²) in [6.45, 7) is 8.06. The SMILES string of the molecule is CC(OCC1CCC2(C)OC2C1)OCC1CCC2(C)CC1O2. The first-order valence-electron chi connectivity index (χ1n) is 9.05. The van der Waals surface area contributed by atoms with Gasteiger partial charge in [0.2, 0.25) is 0 Å². The van der Waals surface area contributed by atoms with Crippen LogP contribution in [0.5, 0.6) is 0 Å². The molecule has 2 saturated carbocycles. The fraction of sp³-hybridized carbons (Fsp3) is 1.00. The van der Waals surface area contributed by atoms with Gasteiger partial charge in [0.05, 0.1) is 36.6 Å². The van der Waals surface area contributed by atoms with Gasteiger partial charge in [-0.25, -0.2) is 0 Å². The average Bonchev–Trinajstić information content (AvgIpc) is 3.13. The van der Waals surface area contributed by atoms with Crippen LogP contribution in [0.2, 0.25) is 0 Å². The van der Waals surface area contributed by atoms with Crippen molar-refractivity contribution in [1.29, 1.82) is 0 Å². The third-order valence-electron chi connectivity index (χ3n) is 6.38. The average molecular weight is 310 g/mol. The van der Waals surface area contributed by atoms with Crippen molar-refractivity contribution in [3.63, 3.8) is 0 Å². The Morgan fingerprint density at radius 2 is 1.86 bits per heavy atom. The molecule has 7 atom stereocenters. The van der Waals surface area contributed by atoms with E-state index in [2.05, 4.69) is 13.8 Å². The summed E-state index contributed by atoms with van der Waals surface area (Å²) in [6, 6.07) is 0. The van der Waals surface area contributed by atoms with Gasteiger partial charge in [-0.15, -0.1) is 0 Å². The van der Waals surface area contributed by atoms with Gasteiger partial charge in [0.25, 0.3) is 0 Å². The lowest BCUT2D eigenvalue weighted by atomic mass is 9.72. The second-order valence-corrected chi connectivity index (χ2v) is 8.40. The lowest BCUT2D eigenvalue weighted by Crippen LogP contribution is -2.57. The highest BCUT2D eigenvalue weighted by Crippen LogP contribution is 2.49. The molecule has 0 amide bonds. The molecule has 0 N–H and O–H groups in total. The maximum Gasteiger partial charge on any atom is 0.154 e. The van der Waals surface area contributed by atoms with Gasteiger partial charge in [0.1, 0.15) is 0 Å². The van der Waals surface area contributed by atoms with Crippen LogP contribution in [-0.4, -0.2) is 42.9 Å². The van der Waals surface area contributed by atoms with E-state index in [0.717, 1.165) is 19.6 Å². The molecule has 0 aromatic carbocycles. The van der Waals surface area contributed by atoms with Crippen LogP contribution in [0.1, 0.15) is 59.3 Å².